The Morgan fingerprint density at radius 2 is 1.93 bits per heavy atom. The van der Waals surface area contributed by atoms with Crippen LogP contribution in [0.3, 0.4) is 0 Å². The third kappa shape index (κ3) is 3.58. The summed E-state index contributed by atoms with van der Waals surface area (Å²) in [6.07, 6.45) is 0. The van der Waals surface area contributed by atoms with Crippen LogP contribution in [0.25, 0.3) is 0 Å². The summed E-state index contributed by atoms with van der Waals surface area (Å²) < 4.78 is 0. The number of nitrogens with zero attached hydrogens (tertiary/aromatic N) is 1. The Hall–Kier alpha value is -0.410. The van der Waals surface area contributed by atoms with E-state index in [9.17, 15) is 0 Å². The van der Waals surface area contributed by atoms with Gasteiger partial charge in [-0.05, 0) is 12.3 Å². The van der Waals surface area contributed by atoms with Crippen LogP contribution in [0.1, 0.15) is 51.4 Å². The summed E-state index contributed by atoms with van der Waals surface area (Å²) in [4.78, 5) is 4.59. The molecule has 0 aliphatic carbocycles. The summed E-state index contributed by atoms with van der Waals surface area (Å²) in [5, 5.41) is 6.92. The lowest BCUT2D eigenvalue weighted by Gasteiger charge is -2.31. The van der Waals surface area contributed by atoms with Gasteiger partial charge in [0, 0.05) is 17.1 Å². The topological polar surface area (TPSA) is 24.9 Å². The molecule has 0 saturated carbocycles. The van der Waals surface area contributed by atoms with Gasteiger partial charge in [0.25, 0.3) is 0 Å². The molecule has 1 aromatic rings. The predicted octanol–water partition coefficient (Wildman–Crippen LogP) is 3.54. The van der Waals surface area contributed by atoms with Crippen molar-refractivity contribution in [2.45, 2.75) is 53.6 Å². The first kappa shape index (κ1) is 12.7. The van der Waals surface area contributed by atoms with Crippen LogP contribution >= 0.6 is 11.3 Å². The van der Waals surface area contributed by atoms with Crippen molar-refractivity contribution in [3.05, 3.63) is 16.1 Å². The molecule has 1 N–H and O–H groups in total. The fourth-order valence-electron chi connectivity index (χ4n) is 1.53. The quantitative estimate of drug-likeness (QED) is 0.852. The molecule has 15 heavy (non-hydrogen) atoms. The summed E-state index contributed by atoms with van der Waals surface area (Å²) in [5.41, 5.74) is 1.32. The van der Waals surface area contributed by atoms with E-state index in [-0.39, 0.29) is 5.41 Å². The highest BCUT2D eigenvalue weighted by Gasteiger charge is 2.28. The van der Waals surface area contributed by atoms with E-state index in [1.165, 1.54) is 5.01 Å². The molecule has 0 radical (unpaired) electrons. The van der Waals surface area contributed by atoms with E-state index in [0.29, 0.717) is 12.1 Å². The molecule has 0 aromatic carbocycles. The fourth-order valence-corrected chi connectivity index (χ4v) is 2.63. The number of hydrogen-bond donors (Lipinski definition) is 1. The maximum atomic E-state index is 4.59. The van der Waals surface area contributed by atoms with Gasteiger partial charge in [0.2, 0.25) is 0 Å². The third-order valence-corrected chi connectivity index (χ3v) is 3.28. The van der Waals surface area contributed by atoms with E-state index in [2.05, 4.69) is 57.2 Å². The highest BCUT2D eigenvalue weighted by Crippen LogP contribution is 2.34. The van der Waals surface area contributed by atoms with Crippen molar-refractivity contribution in [2.75, 3.05) is 0 Å². The minimum Gasteiger partial charge on any atom is -0.305 e. The number of hydrogen-bond acceptors (Lipinski definition) is 3. The number of aromatic nitrogens is 1. The van der Waals surface area contributed by atoms with Gasteiger partial charge in [0.1, 0.15) is 5.01 Å². The fraction of sp³-hybridized carbons (Fsp3) is 0.750. The first-order chi connectivity index (χ1) is 6.80. The van der Waals surface area contributed by atoms with Crippen molar-refractivity contribution in [3.63, 3.8) is 0 Å². The van der Waals surface area contributed by atoms with E-state index in [1.54, 1.807) is 11.3 Å². The Kier molecular flexibility index (Phi) is 3.90. The Morgan fingerprint density at radius 1 is 1.33 bits per heavy atom. The third-order valence-electron chi connectivity index (χ3n) is 2.25. The largest absolute Gasteiger partial charge is 0.305 e. The van der Waals surface area contributed by atoms with Crippen LogP contribution in [0.15, 0.2) is 5.38 Å². The predicted molar refractivity (Wildman–Crippen MR) is 67.3 cm³/mol. The minimum atomic E-state index is 0.203. The first-order valence-electron chi connectivity index (χ1n) is 5.49. The molecule has 3 heteroatoms. The maximum Gasteiger partial charge on any atom is 0.110 e. The molecule has 1 rings (SSSR count). The normalized spacial score (nSPS) is 14.6. The van der Waals surface area contributed by atoms with Gasteiger partial charge >= 0.3 is 0 Å². The zero-order valence-corrected chi connectivity index (χ0v) is 11.4. The van der Waals surface area contributed by atoms with Gasteiger partial charge < -0.3 is 5.32 Å². The van der Waals surface area contributed by atoms with Crippen LogP contribution in [-0.2, 0) is 0 Å². The van der Waals surface area contributed by atoms with Crippen molar-refractivity contribution >= 4 is 11.3 Å². The standard InChI is InChI=1S/C12H22N2S/c1-8(2)13-10(12(4,5)6)11-14-9(3)7-15-11/h7-8,10,13H,1-6H3. The van der Waals surface area contributed by atoms with E-state index in [0.717, 1.165) is 5.69 Å². The molecular formula is C12H22N2S. The van der Waals surface area contributed by atoms with Crippen molar-refractivity contribution in [3.8, 4) is 0 Å². The van der Waals surface area contributed by atoms with Gasteiger partial charge in [0.15, 0.2) is 0 Å². The number of nitrogens with one attached hydrogen (secondary N) is 1. The zero-order chi connectivity index (χ0) is 11.6. The molecule has 0 aliphatic rings. The summed E-state index contributed by atoms with van der Waals surface area (Å²) in [7, 11) is 0. The van der Waals surface area contributed by atoms with Crippen LogP contribution in [0.5, 0.6) is 0 Å². The molecule has 0 bridgehead atoms. The minimum absolute atomic E-state index is 0.203. The van der Waals surface area contributed by atoms with E-state index < -0.39 is 0 Å². The number of aryl methyl sites for hydroxylation is 1. The molecule has 1 unspecified atom stereocenters. The monoisotopic (exact) mass is 226 g/mol. The lowest BCUT2D eigenvalue weighted by molar-refractivity contribution is 0.257. The average molecular weight is 226 g/mol. The van der Waals surface area contributed by atoms with Crippen LogP contribution in [0, 0.1) is 12.3 Å². The summed E-state index contributed by atoms with van der Waals surface area (Å²) in [5.74, 6) is 0. The van der Waals surface area contributed by atoms with Gasteiger partial charge in [-0.1, -0.05) is 34.6 Å². The summed E-state index contributed by atoms with van der Waals surface area (Å²) in [6, 6.07) is 0.828. The van der Waals surface area contributed by atoms with Crippen molar-refractivity contribution in [1.29, 1.82) is 0 Å². The van der Waals surface area contributed by atoms with Gasteiger partial charge in [-0.25, -0.2) is 4.98 Å². The van der Waals surface area contributed by atoms with Gasteiger partial charge in [0.05, 0.1) is 6.04 Å². The van der Waals surface area contributed by atoms with Crippen LogP contribution in [0.4, 0.5) is 0 Å². The molecule has 0 amide bonds. The highest BCUT2D eigenvalue weighted by atomic mass is 32.1. The van der Waals surface area contributed by atoms with Crippen molar-refractivity contribution < 1.29 is 0 Å². The number of thiazole rings is 1. The Morgan fingerprint density at radius 3 is 2.27 bits per heavy atom. The Bertz CT molecular complexity index is 310. The van der Waals surface area contributed by atoms with E-state index in [4.69, 9.17) is 0 Å². The molecule has 0 fully saturated rings. The zero-order valence-electron chi connectivity index (χ0n) is 10.6. The Balaban J connectivity index is 2.91. The SMILES string of the molecule is Cc1csc(C(NC(C)C)C(C)(C)C)n1. The average Bonchev–Trinajstić information content (AvgIpc) is 2.45. The second-order valence-corrected chi connectivity index (χ2v) is 6.34. The van der Waals surface area contributed by atoms with Crippen molar-refractivity contribution in [2.24, 2.45) is 5.41 Å². The smallest absolute Gasteiger partial charge is 0.110 e. The van der Waals surface area contributed by atoms with Gasteiger partial charge in [-0.15, -0.1) is 11.3 Å². The van der Waals surface area contributed by atoms with E-state index >= 15 is 0 Å². The van der Waals surface area contributed by atoms with E-state index in [1.807, 2.05) is 0 Å². The van der Waals surface area contributed by atoms with Gasteiger partial charge in [-0.3, -0.25) is 0 Å². The second-order valence-electron chi connectivity index (χ2n) is 5.45. The van der Waals surface area contributed by atoms with Crippen LogP contribution in [0.2, 0.25) is 0 Å². The molecule has 0 aliphatic heterocycles. The first-order valence-corrected chi connectivity index (χ1v) is 6.36. The van der Waals surface area contributed by atoms with Crippen LogP contribution < -0.4 is 5.32 Å². The van der Waals surface area contributed by atoms with Crippen LogP contribution in [-0.4, -0.2) is 11.0 Å². The summed E-state index contributed by atoms with van der Waals surface area (Å²) >= 11 is 1.75. The molecule has 0 saturated heterocycles. The molecule has 86 valence electrons. The Labute approximate surface area is 97.1 Å². The molecule has 0 spiro atoms. The lowest BCUT2D eigenvalue weighted by Crippen LogP contribution is -2.36. The second kappa shape index (κ2) is 4.62. The van der Waals surface area contributed by atoms with Gasteiger partial charge in [-0.2, -0.15) is 0 Å². The molecule has 2 nitrogen and oxygen atoms in total. The lowest BCUT2D eigenvalue weighted by atomic mass is 9.86. The molecular weight excluding hydrogens is 204 g/mol. The highest BCUT2D eigenvalue weighted by molar-refractivity contribution is 7.09. The summed E-state index contributed by atoms with van der Waals surface area (Å²) in [6.45, 7) is 13.2. The van der Waals surface area contributed by atoms with Crippen molar-refractivity contribution in [1.82, 2.24) is 10.3 Å². The molecule has 1 heterocycles. The number of rotatable bonds is 3. The maximum absolute atomic E-state index is 4.59. The molecule has 1 atom stereocenters. The molecule has 1 aromatic heterocycles.